The highest BCUT2D eigenvalue weighted by Gasteiger charge is 2.31. The molecule has 4 rings (SSSR count). The van der Waals surface area contributed by atoms with Gasteiger partial charge in [0.15, 0.2) is 11.0 Å². The molecule has 0 bridgehead atoms. The molecule has 0 saturated carbocycles. The molecule has 0 unspecified atom stereocenters. The third kappa shape index (κ3) is 7.59. The molecule has 4 aromatic rings. The van der Waals surface area contributed by atoms with Crippen molar-refractivity contribution in [1.29, 1.82) is 0 Å². The number of hydrogen-bond acceptors (Lipinski definition) is 7. The summed E-state index contributed by atoms with van der Waals surface area (Å²) in [6.45, 7) is 3.85. The molecule has 1 heterocycles. The Morgan fingerprint density at radius 2 is 1.74 bits per heavy atom. The van der Waals surface area contributed by atoms with Gasteiger partial charge in [-0.05, 0) is 67.4 Å². The zero-order valence-electron chi connectivity index (χ0n) is 23.5. The van der Waals surface area contributed by atoms with E-state index in [0.717, 1.165) is 41.1 Å². The first kappa shape index (κ1) is 31.7. The van der Waals surface area contributed by atoms with Crippen LogP contribution < -0.4 is 20.1 Å². The van der Waals surface area contributed by atoms with E-state index in [1.807, 2.05) is 19.9 Å². The van der Waals surface area contributed by atoms with Crippen molar-refractivity contribution >= 4 is 40.9 Å². The number of halogens is 4. The molecule has 3 aromatic carbocycles. The Kier molecular flexibility index (Phi) is 9.87. The van der Waals surface area contributed by atoms with E-state index in [-0.39, 0.29) is 34.1 Å². The zero-order chi connectivity index (χ0) is 31.3. The number of methoxy groups -OCH3 is 2. The van der Waals surface area contributed by atoms with Crippen LogP contribution in [0.25, 0.3) is 5.69 Å². The number of carbonyl (C=O) groups is 2. The lowest BCUT2D eigenvalue weighted by Crippen LogP contribution is -2.25. The summed E-state index contributed by atoms with van der Waals surface area (Å²) in [6, 6.07) is 13.1. The number of hydrogen-bond donors (Lipinski definition) is 2. The van der Waals surface area contributed by atoms with Crippen LogP contribution in [0.4, 0.5) is 18.9 Å². The van der Waals surface area contributed by atoms with Crippen LogP contribution in [0.15, 0.2) is 59.8 Å². The Labute approximate surface area is 254 Å². The second kappa shape index (κ2) is 13.4. The molecular formula is C29H27ClF3N5O4S. The third-order valence-electron chi connectivity index (χ3n) is 6.40. The van der Waals surface area contributed by atoms with Crippen molar-refractivity contribution in [2.45, 2.75) is 31.7 Å². The first-order valence-electron chi connectivity index (χ1n) is 12.7. The maximum absolute atomic E-state index is 13.1. The van der Waals surface area contributed by atoms with Crippen molar-refractivity contribution in [3.63, 3.8) is 0 Å². The van der Waals surface area contributed by atoms with E-state index in [9.17, 15) is 22.8 Å². The number of thioether (sulfide) groups is 1. The molecule has 14 heteroatoms. The SMILES string of the molecule is COc1ccc(OC)c(-n2c(CNC(=O)c3ccc(C)c(C)c3)nnc2SCC(=O)Nc2cc(C(F)(F)F)ccc2Cl)c1. The van der Waals surface area contributed by atoms with Crippen molar-refractivity contribution in [2.24, 2.45) is 0 Å². The minimum absolute atomic E-state index is 0.0221. The number of rotatable bonds is 10. The molecule has 0 aliphatic carbocycles. The number of aryl methyl sites for hydroxylation is 2. The fourth-order valence-electron chi connectivity index (χ4n) is 3.98. The van der Waals surface area contributed by atoms with Crippen LogP contribution in [0.2, 0.25) is 5.02 Å². The van der Waals surface area contributed by atoms with Crippen LogP contribution in [-0.4, -0.2) is 46.6 Å². The molecule has 0 fully saturated rings. The lowest BCUT2D eigenvalue weighted by atomic mass is 10.1. The van der Waals surface area contributed by atoms with Gasteiger partial charge in [0.2, 0.25) is 5.91 Å². The van der Waals surface area contributed by atoms with E-state index in [2.05, 4.69) is 20.8 Å². The van der Waals surface area contributed by atoms with Gasteiger partial charge in [-0.25, -0.2) is 0 Å². The summed E-state index contributed by atoms with van der Waals surface area (Å²) in [7, 11) is 2.98. The van der Waals surface area contributed by atoms with Gasteiger partial charge in [-0.15, -0.1) is 10.2 Å². The van der Waals surface area contributed by atoms with Crippen LogP contribution >= 0.6 is 23.4 Å². The number of anilines is 1. The van der Waals surface area contributed by atoms with Crippen LogP contribution in [0.3, 0.4) is 0 Å². The minimum atomic E-state index is -4.60. The molecular weight excluding hydrogens is 607 g/mol. The highest BCUT2D eigenvalue weighted by molar-refractivity contribution is 7.99. The monoisotopic (exact) mass is 633 g/mol. The molecule has 0 radical (unpaired) electrons. The van der Waals surface area contributed by atoms with Crippen LogP contribution in [0.5, 0.6) is 11.5 Å². The van der Waals surface area contributed by atoms with E-state index >= 15 is 0 Å². The van der Waals surface area contributed by atoms with Gasteiger partial charge < -0.3 is 20.1 Å². The second-order valence-electron chi connectivity index (χ2n) is 9.28. The maximum Gasteiger partial charge on any atom is 0.416 e. The second-order valence-corrected chi connectivity index (χ2v) is 10.6. The molecule has 9 nitrogen and oxygen atoms in total. The lowest BCUT2D eigenvalue weighted by molar-refractivity contribution is -0.137. The quantitative estimate of drug-likeness (QED) is 0.199. The van der Waals surface area contributed by atoms with Gasteiger partial charge in [0.25, 0.3) is 5.91 Å². The average molecular weight is 634 g/mol. The average Bonchev–Trinajstić information content (AvgIpc) is 3.38. The number of ether oxygens (including phenoxy) is 2. The van der Waals surface area contributed by atoms with Crippen molar-refractivity contribution < 1.29 is 32.2 Å². The van der Waals surface area contributed by atoms with E-state index in [1.54, 1.807) is 34.9 Å². The smallest absolute Gasteiger partial charge is 0.416 e. The number of amides is 2. The fourth-order valence-corrected chi connectivity index (χ4v) is 4.91. The van der Waals surface area contributed by atoms with Gasteiger partial charge >= 0.3 is 6.18 Å². The van der Waals surface area contributed by atoms with E-state index < -0.39 is 17.6 Å². The molecule has 0 saturated heterocycles. The van der Waals surface area contributed by atoms with Gasteiger partial charge in [-0.3, -0.25) is 14.2 Å². The van der Waals surface area contributed by atoms with Crippen molar-refractivity contribution in [3.05, 3.63) is 87.7 Å². The normalized spacial score (nSPS) is 11.3. The molecule has 0 aliphatic heterocycles. The number of nitrogens with zero attached hydrogens (tertiary/aromatic N) is 3. The standard InChI is InChI=1S/C29H27ClF3N5O4S/c1-16-5-6-18(11-17(16)2)27(40)34-14-25-36-37-28(38(25)23-13-20(41-3)8-10-24(23)42-4)43-15-26(39)35-22-12-19(29(31,32)33)7-9-21(22)30/h5-13H,14-15H2,1-4H3,(H,34,40)(H,35,39). The summed E-state index contributed by atoms with van der Waals surface area (Å²) in [5, 5.41) is 13.9. The summed E-state index contributed by atoms with van der Waals surface area (Å²) in [5.41, 5.74) is 1.87. The number of carbonyl (C=O) groups excluding carboxylic acids is 2. The molecule has 0 atom stereocenters. The Hall–Kier alpha value is -4.23. The zero-order valence-corrected chi connectivity index (χ0v) is 25.1. The summed E-state index contributed by atoms with van der Waals surface area (Å²) in [4.78, 5) is 25.7. The number of aromatic nitrogens is 3. The van der Waals surface area contributed by atoms with Gasteiger partial charge in [-0.1, -0.05) is 29.4 Å². The predicted molar refractivity (Wildman–Crippen MR) is 157 cm³/mol. The molecule has 2 N–H and O–H groups in total. The Balaban J connectivity index is 1.60. The van der Waals surface area contributed by atoms with Gasteiger partial charge in [-0.2, -0.15) is 13.2 Å². The first-order chi connectivity index (χ1) is 20.4. The van der Waals surface area contributed by atoms with E-state index in [0.29, 0.717) is 28.6 Å². The largest absolute Gasteiger partial charge is 0.497 e. The summed E-state index contributed by atoms with van der Waals surface area (Å²) < 4.78 is 52.0. The highest BCUT2D eigenvalue weighted by Crippen LogP contribution is 2.35. The van der Waals surface area contributed by atoms with E-state index in [4.69, 9.17) is 21.1 Å². The topological polar surface area (TPSA) is 107 Å². The predicted octanol–water partition coefficient (Wildman–Crippen LogP) is 6.23. The molecule has 226 valence electrons. The van der Waals surface area contributed by atoms with Crippen molar-refractivity contribution in [3.8, 4) is 17.2 Å². The van der Waals surface area contributed by atoms with Crippen LogP contribution in [0, 0.1) is 13.8 Å². The number of benzene rings is 3. The third-order valence-corrected chi connectivity index (χ3v) is 7.66. The maximum atomic E-state index is 13.1. The number of alkyl halides is 3. The lowest BCUT2D eigenvalue weighted by Gasteiger charge is -2.16. The Morgan fingerprint density at radius 3 is 2.42 bits per heavy atom. The summed E-state index contributed by atoms with van der Waals surface area (Å²) >= 11 is 7.00. The molecule has 1 aromatic heterocycles. The van der Waals surface area contributed by atoms with Crippen molar-refractivity contribution in [2.75, 3.05) is 25.3 Å². The first-order valence-corrected chi connectivity index (χ1v) is 14.1. The van der Waals surface area contributed by atoms with Crippen LogP contribution in [0.1, 0.15) is 32.9 Å². The summed E-state index contributed by atoms with van der Waals surface area (Å²) in [6.07, 6.45) is -4.60. The number of nitrogens with one attached hydrogen (secondary N) is 2. The van der Waals surface area contributed by atoms with Crippen molar-refractivity contribution in [1.82, 2.24) is 20.1 Å². The van der Waals surface area contributed by atoms with E-state index in [1.165, 1.54) is 14.2 Å². The Morgan fingerprint density at radius 1 is 0.977 bits per heavy atom. The fraction of sp³-hybridized carbons (Fsp3) is 0.241. The Bertz CT molecular complexity index is 1660. The molecule has 2 amide bonds. The van der Waals surface area contributed by atoms with Gasteiger partial charge in [0.1, 0.15) is 11.5 Å². The van der Waals surface area contributed by atoms with Gasteiger partial charge in [0.05, 0.1) is 48.5 Å². The molecule has 43 heavy (non-hydrogen) atoms. The molecule has 0 aliphatic rings. The summed E-state index contributed by atoms with van der Waals surface area (Å²) in [5.74, 6) is 0.0793. The highest BCUT2D eigenvalue weighted by atomic mass is 35.5. The van der Waals surface area contributed by atoms with Crippen LogP contribution in [-0.2, 0) is 17.5 Å². The minimum Gasteiger partial charge on any atom is -0.497 e. The van der Waals surface area contributed by atoms with Gasteiger partial charge in [0, 0.05) is 11.6 Å². The molecule has 0 spiro atoms.